The highest BCUT2D eigenvalue weighted by molar-refractivity contribution is 5.79. The molecule has 2 heteroatoms. The first-order valence-corrected chi connectivity index (χ1v) is 5.73. The van der Waals surface area contributed by atoms with Gasteiger partial charge in [0.25, 0.3) is 0 Å². The number of hydrogen-bond acceptors (Lipinski definition) is 2. The van der Waals surface area contributed by atoms with Crippen LogP contribution in [-0.4, -0.2) is 13.1 Å². The topological polar surface area (TPSA) is 26.3 Å². The molecule has 1 aromatic rings. The second kappa shape index (κ2) is 3.93. The smallest absolute Gasteiger partial charge is 0.313 e. The van der Waals surface area contributed by atoms with Gasteiger partial charge in [0.15, 0.2) is 0 Å². The lowest BCUT2D eigenvalue weighted by atomic mass is 9.69. The van der Waals surface area contributed by atoms with Crippen LogP contribution in [0.2, 0.25) is 0 Å². The molecule has 1 aliphatic rings. The van der Waals surface area contributed by atoms with Crippen molar-refractivity contribution in [2.75, 3.05) is 7.11 Å². The van der Waals surface area contributed by atoms with E-state index in [9.17, 15) is 4.79 Å². The van der Waals surface area contributed by atoms with E-state index >= 15 is 0 Å². The molecule has 1 atom stereocenters. The summed E-state index contributed by atoms with van der Waals surface area (Å²) < 4.78 is 4.88. The molecule has 0 radical (unpaired) electrons. The second-order valence-electron chi connectivity index (χ2n) is 5.09. The summed E-state index contributed by atoms with van der Waals surface area (Å²) >= 11 is 0. The monoisotopic (exact) mass is 218 g/mol. The van der Waals surface area contributed by atoms with E-state index in [1.165, 1.54) is 12.7 Å². The molecule has 0 spiro atoms. The minimum absolute atomic E-state index is 0.0748. The van der Waals surface area contributed by atoms with Crippen molar-refractivity contribution in [3.63, 3.8) is 0 Å². The van der Waals surface area contributed by atoms with E-state index in [0.29, 0.717) is 0 Å². The van der Waals surface area contributed by atoms with Crippen LogP contribution in [0.15, 0.2) is 24.3 Å². The van der Waals surface area contributed by atoms with Crippen LogP contribution in [-0.2, 0) is 14.9 Å². The van der Waals surface area contributed by atoms with Crippen LogP contribution in [0, 0.1) is 0 Å². The molecule has 0 bridgehead atoms. The summed E-state index contributed by atoms with van der Waals surface area (Å²) in [6.45, 7) is 4.47. The highest BCUT2D eigenvalue weighted by Crippen LogP contribution is 2.42. The highest BCUT2D eigenvalue weighted by atomic mass is 16.5. The van der Waals surface area contributed by atoms with Gasteiger partial charge in [0.2, 0.25) is 0 Å². The second-order valence-corrected chi connectivity index (χ2v) is 5.09. The van der Waals surface area contributed by atoms with Crippen molar-refractivity contribution in [2.45, 2.75) is 38.0 Å². The fourth-order valence-corrected chi connectivity index (χ4v) is 2.60. The number of carbonyl (C=O) groups is 1. The Kier molecular flexibility index (Phi) is 2.75. The number of hydrogen-bond donors (Lipinski definition) is 0. The zero-order chi connectivity index (χ0) is 11.8. The Morgan fingerprint density at radius 3 is 2.75 bits per heavy atom. The van der Waals surface area contributed by atoms with Gasteiger partial charge in [0.05, 0.1) is 13.0 Å². The van der Waals surface area contributed by atoms with Gasteiger partial charge in [-0.3, -0.25) is 4.79 Å². The molecule has 0 saturated heterocycles. The molecule has 0 heterocycles. The third kappa shape index (κ3) is 1.73. The molecule has 1 aromatic carbocycles. The SMILES string of the molecule is COC(=O)C1CCC(C)(C)c2ccccc21. The molecule has 0 saturated carbocycles. The third-order valence-electron chi connectivity index (χ3n) is 3.61. The number of methoxy groups -OCH3 is 1. The first kappa shape index (κ1) is 11.2. The van der Waals surface area contributed by atoms with E-state index in [1.807, 2.05) is 12.1 Å². The standard InChI is InChI=1S/C14H18O2/c1-14(2)9-8-11(13(15)16-3)10-6-4-5-7-12(10)14/h4-7,11H,8-9H2,1-3H3. The van der Waals surface area contributed by atoms with Gasteiger partial charge in [-0.25, -0.2) is 0 Å². The van der Waals surface area contributed by atoms with Crippen LogP contribution in [0.4, 0.5) is 0 Å². The molecule has 0 N–H and O–H groups in total. The maximum absolute atomic E-state index is 11.7. The average molecular weight is 218 g/mol. The van der Waals surface area contributed by atoms with Crippen molar-refractivity contribution in [1.29, 1.82) is 0 Å². The molecule has 0 aromatic heterocycles. The molecular weight excluding hydrogens is 200 g/mol. The van der Waals surface area contributed by atoms with Crippen molar-refractivity contribution >= 4 is 5.97 Å². The summed E-state index contributed by atoms with van der Waals surface area (Å²) in [5.41, 5.74) is 2.60. The number of rotatable bonds is 1. The molecule has 2 rings (SSSR count). The van der Waals surface area contributed by atoms with Gasteiger partial charge in [0.1, 0.15) is 0 Å². The van der Waals surface area contributed by atoms with E-state index < -0.39 is 0 Å². The molecule has 16 heavy (non-hydrogen) atoms. The number of benzene rings is 1. The normalized spacial score (nSPS) is 22.3. The maximum Gasteiger partial charge on any atom is 0.313 e. The zero-order valence-corrected chi connectivity index (χ0v) is 10.1. The van der Waals surface area contributed by atoms with Crippen molar-refractivity contribution in [3.05, 3.63) is 35.4 Å². The van der Waals surface area contributed by atoms with Gasteiger partial charge in [0, 0.05) is 0 Å². The van der Waals surface area contributed by atoms with E-state index in [-0.39, 0.29) is 17.3 Å². The van der Waals surface area contributed by atoms with Gasteiger partial charge < -0.3 is 4.74 Å². The van der Waals surface area contributed by atoms with Gasteiger partial charge in [-0.2, -0.15) is 0 Å². The average Bonchev–Trinajstić information content (AvgIpc) is 2.28. The van der Waals surface area contributed by atoms with E-state index in [0.717, 1.165) is 18.4 Å². The molecule has 2 nitrogen and oxygen atoms in total. The number of carbonyl (C=O) groups excluding carboxylic acids is 1. The van der Waals surface area contributed by atoms with E-state index in [4.69, 9.17) is 4.74 Å². The molecular formula is C14H18O2. The summed E-state index contributed by atoms with van der Waals surface area (Å²) in [6.07, 6.45) is 1.92. The summed E-state index contributed by atoms with van der Waals surface area (Å²) in [7, 11) is 1.46. The zero-order valence-electron chi connectivity index (χ0n) is 10.1. The van der Waals surface area contributed by atoms with Crippen LogP contribution >= 0.6 is 0 Å². The number of ether oxygens (including phenoxy) is 1. The largest absolute Gasteiger partial charge is 0.469 e. The Hall–Kier alpha value is -1.31. The highest BCUT2D eigenvalue weighted by Gasteiger charge is 2.35. The Labute approximate surface area is 96.6 Å². The van der Waals surface area contributed by atoms with Crippen molar-refractivity contribution in [3.8, 4) is 0 Å². The fraction of sp³-hybridized carbons (Fsp3) is 0.500. The number of esters is 1. The van der Waals surface area contributed by atoms with Crippen molar-refractivity contribution in [1.82, 2.24) is 0 Å². The summed E-state index contributed by atoms with van der Waals surface area (Å²) in [5.74, 6) is -0.183. The fourth-order valence-electron chi connectivity index (χ4n) is 2.60. The molecule has 0 aliphatic heterocycles. The number of fused-ring (bicyclic) bond motifs is 1. The first-order valence-electron chi connectivity index (χ1n) is 5.73. The quantitative estimate of drug-likeness (QED) is 0.677. The predicted molar refractivity (Wildman–Crippen MR) is 63.5 cm³/mol. The lowest BCUT2D eigenvalue weighted by molar-refractivity contribution is -0.142. The molecule has 86 valence electrons. The maximum atomic E-state index is 11.7. The predicted octanol–water partition coefficient (Wildman–Crippen LogP) is 3.01. The molecule has 0 fully saturated rings. The molecule has 0 amide bonds. The Morgan fingerprint density at radius 2 is 2.06 bits per heavy atom. The van der Waals surface area contributed by atoms with Gasteiger partial charge >= 0.3 is 5.97 Å². The van der Waals surface area contributed by atoms with Crippen molar-refractivity contribution in [2.24, 2.45) is 0 Å². The first-order chi connectivity index (χ1) is 7.56. The molecule has 1 unspecified atom stereocenters. The molecule has 1 aliphatic carbocycles. The summed E-state index contributed by atoms with van der Waals surface area (Å²) in [5, 5.41) is 0. The van der Waals surface area contributed by atoms with Crippen LogP contribution < -0.4 is 0 Å². The minimum atomic E-state index is -0.108. The van der Waals surface area contributed by atoms with Gasteiger partial charge in [-0.1, -0.05) is 38.1 Å². The summed E-state index contributed by atoms with van der Waals surface area (Å²) in [4.78, 5) is 11.7. The lowest BCUT2D eigenvalue weighted by Crippen LogP contribution is -2.29. The Balaban J connectivity index is 2.47. The van der Waals surface area contributed by atoms with Crippen LogP contribution in [0.5, 0.6) is 0 Å². The van der Waals surface area contributed by atoms with Crippen molar-refractivity contribution < 1.29 is 9.53 Å². The van der Waals surface area contributed by atoms with Crippen LogP contribution in [0.25, 0.3) is 0 Å². The van der Waals surface area contributed by atoms with Crippen LogP contribution in [0.3, 0.4) is 0 Å². The van der Waals surface area contributed by atoms with Crippen LogP contribution in [0.1, 0.15) is 43.7 Å². The third-order valence-corrected chi connectivity index (χ3v) is 3.61. The van der Waals surface area contributed by atoms with E-state index in [2.05, 4.69) is 26.0 Å². The summed E-state index contributed by atoms with van der Waals surface area (Å²) in [6, 6.07) is 8.22. The van der Waals surface area contributed by atoms with Gasteiger partial charge in [-0.15, -0.1) is 0 Å². The Morgan fingerprint density at radius 1 is 1.38 bits per heavy atom. The minimum Gasteiger partial charge on any atom is -0.469 e. The Bertz CT molecular complexity index is 407. The van der Waals surface area contributed by atoms with E-state index in [1.54, 1.807) is 0 Å². The van der Waals surface area contributed by atoms with Gasteiger partial charge in [-0.05, 0) is 29.4 Å². The lowest BCUT2D eigenvalue weighted by Gasteiger charge is -2.35.